The number of rotatable bonds is 5. The highest BCUT2D eigenvalue weighted by Gasteiger charge is 2.17. The summed E-state index contributed by atoms with van der Waals surface area (Å²) >= 11 is 0. The van der Waals surface area contributed by atoms with Gasteiger partial charge in [0.1, 0.15) is 6.33 Å². The summed E-state index contributed by atoms with van der Waals surface area (Å²) in [5.41, 5.74) is 4.21. The number of nitrogens with zero attached hydrogens (tertiary/aromatic N) is 4. The van der Waals surface area contributed by atoms with Gasteiger partial charge >= 0.3 is 0 Å². The first-order valence-corrected chi connectivity index (χ1v) is 6.33. The first-order chi connectivity index (χ1) is 9.24. The molecule has 1 aromatic rings. The van der Waals surface area contributed by atoms with Gasteiger partial charge in [0.2, 0.25) is 11.8 Å². The lowest BCUT2D eigenvalue weighted by Crippen LogP contribution is -2.50. The SMILES string of the molecule is COc1ncnc(OC)c1CNN1CCN(C)CC1. The molecule has 0 amide bonds. The fraction of sp³-hybridized carbons (Fsp3) is 0.667. The van der Waals surface area contributed by atoms with Crippen LogP contribution in [0.1, 0.15) is 5.56 Å². The average molecular weight is 267 g/mol. The molecule has 0 bridgehead atoms. The Morgan fingerprint density at radius 2 is 1.68 bits per heavy atom. The van der Waals surface area contributed by atoms with Crippen molar-refractivity contribution in [3.05, 3.63) is 11.9 Å². The topological polar surface area (TPSA) is 62.8 Å². The molecule has 0 aromatic carbocycles. The Hall–Kier alpha value is -1.44. The lowest BCUT2D eigenvalue weighted by Gasteiger charge is -2.32. The maximum atomic E-state index is 5.25. The van der Waals surface area contributed by atoms with E-state index in [0.717, 1.165) is 31.7 Å². The van der Waals surface area contributed by atoms with Gasteiger partial charge in [-0.25, -0.2) is 15.0 Å². The van der Waals surface area contributed by atoms with Gasteiger partial charge in [0.15, 0.2) is 0 Å². The van der Waals surface area contributed by atoms with Crippen molar-refractivity contribution in [3.8, 4) is 11.8 Å². The first-order valence-electron chi connectivity index (χ1n) is 6.33. The summed E-state index contributed by atoms with van der Waals surface area (Å²) in [5.74, 6) is 1.10. The molecule has 2 heterocycles. The molecule has 2 rings (SSSR count). The predicted octanol–water partition coefficient (Wildman–Crippen LogP) is -0.254. The van der Waals surface area contributed by atoms with E-state index in [-0.39, 0.29) is 0 Å². The van der Waals surface area contributed by atoms with Gasteiger partial charge < -0.3 is 14.4 Å². The Morgan fingerprint density at radius 3 is 2.21 bits per heavy atom. The second-order valence-corrected chi connectivity index (χ2v) is 4.50. The molecular weight excluding hydrogens is 246 g/mol. The van der Waals surface area contributed by atoms with Crippen LogP contribution in [0.15, 0.2) is 6.33 Å². The molecule has 0 saturated carbocycles. The second-order valence-electron chi connectivity index (χ2n) is 4.50. The average Bonchev–Trinajstić information content (AvgIpc) is 2.46. The smallest absolute Gasteiger partial charge is 0.224 e. The minimum Gasteiger partial charge on any atom is -0.481 e. The first kappa shape index (κ1) is 14.0. The van der Waals surface area contributed by atoms with Gasteiger partial charge in [0.05, 0.1) is 19.8 Å². The number of aromatic nitrogens is 2. The Balaban J connectivity index is 1.98. The van der Waals surface area contributed by atoms with Crippen molar-refractivity contribution in [2.45, 2.75) is 6.54 Å². The standard InChI is InChI=1S/C12H21N5O2/c1-16-4-6-17(7-5-16)15-8-10-11(18-2)13-9-14-12(10)19-3/h9,15H,4-8H2,1-3H3. The van der Waals surface area contributed by atoms with E-state index in [4.69, 9.17) is 9.47 Å². The third kappa shape index (κ3) is 3.52. The van der Waals surface area contributed by atoms with Gasteiger partial charge in [-0.15, -0.1) is 0 Å². The molecule has 106 valence electrons. The molecule has 0 radical (unpaired) electrons. The van der Waals surface area contributed by atoms with Crippen molar-refractivity contribution in [1.29, 1.82) is 0 Å². The molecule has 1 N–H and O–H groups in total. The molecule has 1 aliphatic heterocycles. The highest BCUT2D eigenvalue weighted by Crippen LogP contribution is 2.22. The van der Waals surface area contributed by atoms with E-state index < -0.39 is 0 Å². The van der Waals surface area contributed by atoms with Gasteiger partial charge in [0, 0.05) is 32.7 Å². The Labute approximate surface area is 113 Å². The third-order valence-electron chi connectivity index (χ3n) is 3.24. The van der Waals surface area contributed by atoms with E-state index in [1.54, 1.807) is 14.2 Å². The molecule has 1 aromatic heterocycles. The number of hydrogen-bond donors (Lipinski definition) is 1. The molecule has 7 nitrogen and oxygen atoms in total. The minimum absolute atomic E-state index is 0.550. The molecule has 19 heavy (non-hydrogen) atoms. The van der Waals surface area contributed by atoms with E-state index in [1.165, 1.54) is 6.33 Å². The van der Waals surface area contributed by atoms with Crippen molar-refractivity contribution < 1.29 is 9.47 Å². The molecule has 1 saturated heterocycles. The minimum atomic E-state index is 0.550. The fourth-order valence-corrected chi connectivity index (χ4v) is 2.04. The molecule has 0 atom stereocenters. The number of ether oxygens (including phenoxy) is 2. The van der Waals surface area contributed by atoms with Crippen LogP contribution in [0.4, 0.5) is 0 Å². The molecule has 1 aliphatic rings. The van der Waals surface area contributed by atoms with Crippen LogP contribution in [0.3, 0.4) is 0 Å². The lowest BCUT2D eigenvalue weighted by atomic mass is 10.3. The number of likely N-dealkylation sites (N-methyl/N-ethyl adjacent to an activating group) is 1. The van der Waals surface area contributed by atoms with E-state index in [2.05, 4.69) is 32.4 Å². The Kier molecular flexibility index (Phi) is 4.89. The maximum Gasteiger partial charge on any atom is 0.224 e. The largest absolute Gasteiger partial charge is 0.481 e. The molecule has 1 fully saturated rings. The summed E-state index contributed by atoms with van der Waals surface area (Å²) in [5, 5.41) is 2.20. The molecule has 0 spiro atoms. The van der Waals surface area contributed by atoms with Crippen LogP contribution in [-0.4, -0.2) is 67.3 Å². The number of methoxy groups -OCH3 is 2. The fourth-order valence-electron chi connectivity index (χ4n) is 2.04. The van der Waals surface area contributed by atoms with Gasteiger partial charge in [-0.1, -0.05) is 0 Å². The summed E-state index contributed by atoms with van der Waals surface area (Å²) in [6.07, 6.45) is 1.44. The molecular formula is C12H21N5O2. The van der Waals surface area contributed by atoms with Crippen LogP contribution in [0.2, 0.25) is 0 Å². The highest BCUT2D eigenvalue weighted by molar-refractivity contribution is 5.34. The Bertz CT molecular complexity index is 385. The summed E-state index contributed by atoms with van der Waals surface area (Å²) in [4.78, 5) is 10.5. The normalized spacial score (nSPS) is 17.4. The highest BCUT2D eigenvalue weighted by atomic mass is 16.5. The zero-order valence-corrected chi connectivity index (χ0v) is 11.7. The predicted molar refractivity (Wildman–Crippen MR) is 71.0 cm³/mol. The van der Waals surface area contributed by atoms with Gasteiger partial charge in [-0.2, -0.15) is 0 Å². The van der Waals surface area contributed by atoms with Crippen LogP contribution < -0.4 is 14.9 Å². The van der Waals surface area contributed by atoms with Crippen LogP contribution in [-0.2, 0) is 6.54 Å². The summed E-state index contributed by atoms with van der Waals surface area (Å²) in [7, 11) is 5.33. The van der Waals surface area contributed by atoms with Crippen molar-refractivity contribution >= 4 is 0 Å². The van der Waals surface area contributed by atoms with Crippen molar-refractivity contribution in [1.82, 2.24) is 25.3 Å². The number of hydrazine groups is 1. The van der Waals surface area contributed by atoms with E-state index in [1.807, 2.05) is 0 Å². The lowest BCUT2D eigenvalue weighted by molar-refractivity contribution is 0.101. The van der Waals surface area contributed by atoms with Crippen molar-refractivity contribution in [3.63, 3.8) is 0 Å². The van der Waals surface area contributed by atoms with E-state index >= 15 is 0 Å². The number of piperazine rings is 1. The van der Waals surface area contributed by atoms with Crippen LogP contribution >= 0.6 is 0 Å². The van der Waals surface area contributed by atoms with Crippen LogP contribution in [0.25, 0.3) is 0 Å². The summed E-state index contributed by atoms with van der Waals surface area (Å²) in [6.45, 7) is 4.71. The van der Waals surface area contributed by atoms with Gasteiger partial charge in [-0.05, 0) is 7.05 Å². The van der Waals surface area contributed by atoms with Crippen LogP contribution in [0.5, 0.6) is 11.8 Å². The van der Waals surface area contributed by atoms with Crippen molar-refractivity contribution in [2.24, 2.45) is 0 Å². The van der Waals surface area contributed by atoms with Crippen LogP contribution in [0, 0.1) is 0 Å². The van der Waals surface area contributed by atoms with Crippen molar-refractivity contribution in [2.75, 3.05) is 47.4 Å². The molecule has 0 unspecified atom stereocenters. The quantitative estimate of drug-likeness (QED) is 0.789. The van der Waals surface area contributed by atoms with Gasteiger partial charge in [0.25, 0.3) is 0 Å². The zero-order chi connectivity index (χ0) is 13.7. The zero-order valence-electron chi connectivity index (χ0n) is 11.7. The Morgan fingerprint density at radius 1 is 1.11 bits per heavy atom. The number of nitrogens with one attached hydrogen (secondary N) is 1. The van der Waals surface area contributed by atoms with Gasteiger partial charge in [-0.3, -0.25) is 5.43 Å². The van der Waals surface area contributed by atoms with E-state index in [0.29, 0.717) is 18.3 Å². The third-order valence-corrected chi connectivity index (χ3v) is 3.24. The number of hydrogen-bond acceptors (Lipinski definition) is 7. The molecule has 0 aliphatic carbocycles. The summed E-state index contributed by atoms with van der Waals surface area (Å²) in [6, 6.07) is 0. The molecule has 7 heteroatoms. The second kappa shape index (κ2) is 6.65. The monoisotopic (exact) mass is 267 g/mol. The van der Waals surface area contributed by atoms with E-state index in [9.17, 15) is 0 Å². The summed E-state index contributed by atoms with van der Waals surface area (Å²) < 4.78 is 10.5. The maximum absolute atomic E-state index is 5.25.